The van der Waals surface area contributed by atoms with Gasteiger partial charge >= 0.3 is 6.09 Å². The summed E-state index contributed by atoms with van der Waals surface area (Å²) in [5.74, 6) is 0.733. The second-order valence-electron chi connectivity index (χ2n) is 10.5. The van der Waals surface area contributed by atoms with Crippen LogP contribution < -0.4 is 10.2 Å². The van der Waals surface area contributed by atoms with Crippen LogP contribution in [0.15, 0.2) is 42.7 Å². The third kappa shape index (κ3) is 4.54. The Hall–Kier alpha value is -3.09. The fourth-order valence-corrected chi connectivity index (χ4v) is 5.35. The lowest BCUT2D eigenvalue weighted by molar-refractivity contribution is 0.0282. The number of carbonyl (C=O) groups is 2. The van der Waals surface area contributed by atoms with Crippen molar-refractivity contribution < 1.29 is 14.3 Å². The summed E-state index contributed by atoms with van der Waals surface area (Å²) in [6.07, 6.45) is 5.17. The minimum absolute atomic E-state index is 0.0577. The first kappa shape index (κ1) is 21.7. The summed E-state index contributed by atoms with van der Waals surface area (Å²) in [4.78, 5) is 33.9. The second kappa shape index (κ2) is 8.36. The molecule has 33 heavy (non-hydrogen) atoms. The molecule has 174 valence electrons. The number of hydrogen-bond acceptors (Lipinski definition) is 5. The number of pyridine rings is 1. The van der Waals surface area contributed by atoms with Crippen LogP contribution in [-0.4, -0.2) is 53.7 Å². The molecular weight excluding hydrogens is 416 g/mol. The van der Waals surface area contributed by atoms with Gasteiger partial charge in [-0.1, -0.05) is 24.3 Å². The Morgan fingerprint density at radius 3 is 2.52 bits per heavy atom. The molecule has 2 aliphatic heterocycles. The van der Waals surface area contributed by atoms with E-state index >= 15 is 0 Å². The molecule has 5 rings (SSSR count). The number of ether oxygens (including phenoxy) is 1. The number of aromatic nitrogens is 1. The molecule has 1 aromatic carbocycles. The van der Waals surface area contributed by atoms with Crippen molar-refractivity contribution in [1.82, 2.24) is 15.2 Å². The third-order valence-corrected chi connectivity index (χ3v) is 6.93. The lowest BCUT2D eigenvalue weighted by Crippen LogP contribution is -2.37. The first-order valence-electron chi connectivity index (χ1n) is 11.8. The minimum Gasteiger partial charge on any atom is -0.444 e. The number of carbonyl (C=O) groups excluding carboxylic acids is 2. The van der Waals surface area contributed by atoms with Crippen molar-refractivity contribution in [2.45, 2.75) is 45.3 Å². The van der Waals surface area contributed by atoms with Gasteiger partial charge in [0.2, 0.25) is 0 Å². The van der Waals surface area contributed by atoms with E-state index in [-0.39, 0.29) is 18.0 Å². The molecule has 2 saturated heterocycles. The molecule has 1 N–H and O–H groups in total. The quantitative estimate of drug-likeness (QED) is 0.773. The molecule has 2 amide bonds. The van der Waals surface area contributed by atoms with Gasteiger partial charge in [0.25, 0.3) is 5.91 Å². The number of nitrogens with one attached hydrogen (secondary N) is 1. The summed E-state index contributed by atoms with van der Waals surface area (Å²) in [6.45, 7) is 8.82. The number of amides is 2. The first-order chi connectivity index (χ1) is 15.8. The normalized spacial score (nSPS) is 23.9. The van der Waals surface area contributed by atoms with E-state index < -0.39 is 5.60 Å². The fourth-order valence-electron chi connectivity index (χ4n) is 5.35. The highest BCUT2D eigenvalue weighted by Gasteiger charge is 2.43. The second-order valence-corrected chi connectivity index (χ2v) is 10.5. The Balaban J connectivity index is 1.21. The monoisotopic (exact) mass is 448 g/mol. The highest BCUT2D eigenvalue weighted by Crippen LogP contribution is 2.35. The summed E-state index contributed by atoms with van der Waals surface area (Å²) < 4.78 is 5.54. The van der Waals surface area contributed by atoms with Crippen LogP contribution in [0.1, 0.15) is 54.7 Å². The van der Waals surface area contributed by atoms with Gasteiger partial charge in [-0.25, -0.2) is 4.79 Å². The van der Waals surface area contributed by atoms with Crippen molar-refractivity contribution in [2.75, 3.05) is 31.1 Å². The number of anilines is 1. The number of fused-ring (bicyclic) bond motifs is 2. The number of benzene rings is 1. The number of likely N-dealkylation sites (tertiary alicyclic amines) is 1. The molecule has 0 spiro atoms. The van der Waals surface area contributed by atoms with Crippen LogP contribution in [0.5, 0.6) is 0 Å². The Morgan fingerprint density at radius 1 is 1.06 bits per heavy atom. The van der Waals surface area contributed by atoms with Gasteiger partial charge in [0.1, 0.15) is 5.60 Å². The van der Waals surface area contributed by atoms with Crippen molar-refractivity contribution in [3.8, 4) is 0 Å². The van der Waals surface area contributed by atoms with Crippen LogP contribution in [0.3, 0.4) is 0 Å². The van der Waals surface area contributed by atoms with E-state index in [1.807, 2.05) is 44.0 Å². The maximum Gasteiger partial charge on any atom is 0.410 e. The van der Waals surface area contributed by atoms with Gasteiger partial charge < -0.3 is 19.9 Å². The molecule has 2 fully saturated rings. The summed E-state index contributed by atoms with van der Waals surface area (Å²) in [5.41, 5.74) is 3.61. The standard InChI is InChI=1S/C26H32N4O3/c1-26(2,3)33-25(32)30-15-19-13-29(14-20(19)16-30)21-10-18(11-27-12-21)24(31)28-23-9-8-17-6-4-5-7-22(17)23/h4-7,10-12,19-20,23H,8-9,13-16H2,1-3H3,(H,28,31). The Kier molecular flexibility index (Phi) is 5.51. The Morgan fingerprint density at radius 2 is 1.79 bits per heavy atom. The minimum atomic E-state index is -0.478. The molecule has 2 aromatic rings. The molecule has 0 saturated carbocycles. The van der Waals surface area contributed by atoms with Crippen LogP contribution in [-0.2, 0) is 11.2 Å². The highest BCUT2D eigenvalue weighted by molar-refractivity contribution is 5.95. The summed E-state index contributed by atoms with van der Waals surface area (Å²) in [7, 11) is 0. The van der Waals surface area contributed by atoms with E-state index in [1.165, 1.54) is 11.1 Å². The van der Waals surface area contributed by atoms with Crippen molar-refractivity contribution in [3.05, 3.63) is 59.4 Å². The first-order valence-corrected chi connectivity index (χ1v) is 11.8. The highest BCUT2D eigenvalue weighted by atomic mass is 16.6. The molecular formula is C26H32N4O3. The van der Waals surface area contributed by atoms with Crippen LogP contribution >= 0.6 is 0 Å². The Bertz CT molecular complexity index is 1050. The number of aryl methyl sites for hydroxylation is 1. The smallest absolute Gasteiger partial charge is 0.410 e. The summed E-state index contributed by atoms with van der Waals surface area (Å²) >= 11 is 0. The average molecular weight is 449 g/mol. The molecule has 3 aliphatic rings. The topological polar surface area (TPSA) is 74.8 Å². The van der Waals surface area contributed by atoms with E-state index in [0.29, 0.717) is 30.5 Å². The van der Waals surface area contributed by atoms with E-state index in [2.05, 4.69) is 33.4 Å². The predicted octanol–water partition coefficient (Wildman–Crippen LogP) is 3.80. The molecule has 7 heteroatoms. The third-order valence-electron chi connectivity index (χ3n) is 6.93. The zero-order chi connectivity index (χ0) is 23.2. The van der Waals surface area contributed by atoms with Crippen LogP contribution in [0, 0.1) is 11.8 Å². The number of rotatable bonds is 3. The number of nitrogens with zero attached hydrogens (tertiary/aromatic N) is 3. The van der Waals surface area contributed by atoms with Crippen LogP contribution in [0.4, 0.5) is 10.5 Å². The van der Waals surface area contributed by atoms with Gasteiger partial charge in [-0.15, -0.1) is 0 Å². The molecule has 3 atom stereocenters. The van der Waals surface area contributed by atoms with E-state index in [0.717, 1.165) is 31.6 Å². The molecule has 1 aliphatic carbocycles. The lowest BCUT2D eigenvalue weighted by atomic mass is 10.0. The van der Waals surface area contributed by atoms with Crippen LogP contribution in [0.2, 0.25) is 0 Å². The predicted molar refractivity (Wildman–Crippen MR) is 126 cm³/mol. The largest absolute Gasteiger partial charge is 0.444 e. The lowest BCUT2D eigenvalue weighted by Gasteiger charge is -2.26. The van der Waals surface area contributed by atoms with Gasteiger partial charge in [0.15, 0.2) is 0 Å². The summed E-state index contributed by atoms with van der Waals surface area (Å²) in [6, 6.07) is 10.3. The molecule has 3 heterocycles. The van der Waals surface area contributed by atoms with Gasteiger partial charge in [-0.3, -0.25) is 9.78 Å². The zero-order valence-electron chi connectivity index (χ0n) is 19.6. The van der Waals surface area contributed by atoms with Gasteiger partial charge in [-0.05, 0) is 50.8 Å². The van der Waals surface area contributed by atoms with E-state index in [1.54, 1.807) is 6.20 Å². The number of hydrogen-bond donors (Lipinski definition) is 1. The fraction of sp³-hybridized carbons (Fsp3) is 0.500. The van der Waals surface area contributed by atoms with Crippen molar-refractivity contribution in [3.63, 3.8) is 0 Å². The maximum atomic E-state index is 13.0. The van der Waals surface area contributed by atoms with E-state index in [9.17, 15) is 9.59 Å². The van der Waals surface area contributed by atoms with Gasteiger partial charge in [0.05, 0.1) is 23.5 Å². The zero-order valence-corrected chi connectivity index (χ0v) is 19.6. The van der Waals surface area contributed by atoms with Gasteiger partial charge in [0, 0.05) is 44.2 Å². The summed E-state index contributed by atoms with van der Waals surface area (Å²) in [5, 5.41) is 3.19. The molecule has 3 unspecified atom stereocenters. The van der Waals surface area contributed by atoms with Crippen molar-refractivity contribution >= 4 is 17.7 Å². The maximum absolute atomic E-state index is 13.0. The van der Waals surface area contributed by atoms with Crippen molar-refractivity contribution in [1.29, 1.82) is 0 Å². The molecule has 0 radical (unpaired) electrons. The van der Waals surface area contributed by atoms with Gasteiger partial charge in [-0.2, -0.15) is 0 Å². The molecule has 7 nitrogen and oxygen atoms in total. The van der Waals surface area contributed by atoms with E-state index in [4.69, 9.17) is 4.74 Å². The van der Waals surface area contributed by atoms with Crippen molar-refractivity contribution in [2.24, 2.45) is 11.8 Å². The Labute approximate surface area is 195 Å². The average Bonchev–Trinajstić information content (AvgIpc) is 3.46. The van der Waals surface area contributed by atoms with Crippen LogP contribution in [0.25, 0.3) is 0 Å². The molecule has 1 aromatic heterocycles. The molecule has 0 bridgehead atoms. The SMILES string of the molecule is CC(C)(C)OC(=O)N1CC2CN(c3cncc(C(=O)NC4CCc5ccccc54)c3)CC2C1.